The summed E-state index contributed by atoms with van der Waals surface area (Å²) in [6.07, 6.45) is 21.2. The summed E-state index contributed by atoms with van der Waals surface area (Å²) >= 11 is 0. The first-order chi connectivity index (χ1) is 15.6. The lowest BCUT2D eigenvalue weighted by Crippen LogP contribution is -2.28. The van der Waals surface area contributed by atoms with Crippen LogP contribution < -0.4 is 4.74 Å². The summed E-state index contributed by atoms with van der Waals surface area (Å²) in [7, 11) is 0. The van der Waals surface area contributed by atoms with Crippen LogP contribution in [0.15, 0.2) is 43.2 Å². The Morgan fingerprint density at radius 1 is 0.844 bits per heavy atom. The standard InChI is InChI=1S/C29H38F2O/c1-3-19-32-27-18-17-26(28(30)29(27)31)25-15-13-24(14-16-25)23-11-9-22(10-12-23)21-7-5-20(4-2)6-8-21/h3-4,15,17-24H,2,5-14,16H2,1H3/b19-3+. The van der Waals surface area contributed by atoms with Crippen molar-refractivity contribution >= 4 is 5.57 Å². The second-order valence-electron chi connectivity index (χ2n) is 10.2. The van der Waals surface area contributed by atoms with Crippen LogP contribution in [-0.4, -0.2) is 0 Å². The fraction of sp³-hybridized carbons (Fsp3) is 0.586. The summed E-state index contributed by atoms with van der Waals surface area (Å²) in [6.45, 7) is 5.75. The van der Waals surface area contributed by atoms with Crippen LogP contribution in [0.2, 0.25) is 0 Å². The van der Waals surface area contributed by atoms with Gasteiger partial charge in [-0.2, -0.15) is 4.39 Å². The van der Waals surface area contributed by atoms with Gasteiger partial charge in [-0.05, 0) is 125 Å². The minimum atomic E-state index is -0.899. The molecule has 4 rings (SSSR count). The molecule has 0 spiro atoms. The topological polar surface area (TPSA) is 9.23 Å². The molecule has 1 aromatic carbocycles. The number of halogens is 2. The molecule has 174 valence electrons. The maximum Gasteiger partial charge on any atom is 0.201 e. The van der Waals surface area contributed by atoms with Crippen molar-refractivity contribution in [3.05, 3.63) is 60.4 Å². The van der Waals surface area contributed by atoms with E-state index >= 15 is 0 Å². The molecular formula is C29H38F2O. The highest BCUT2D eigenvalue weighted by Gasteiger charge is 2.33. The molecule has 3 heteroatoms. The van der Waals surface area contributed by atoms with Crippen molar-refractivity contribution < 1.29 is 13.5 Å². The molecule has 0 aliphatic heterocycles. The first-order valence-electron chi connectivity index (χ1n) is 12.7. The molecule has 0 amide bonds. The lowest BCUT2D eigenvalue weighted by atomic mass is 9.66. The van der Waals surface area contributed by atoms with E-state index in [2.05, 4.69) is 18.7 Å². The van der Waals surface area contributed by atoms with Crippen LogP contribution in [-0.2, 0) is 0 Å². The van der Waals surface area contributed by atoms with Crippen molar-refractivity contribution in [3.8, 4) is 5.75 Å². The van der Waals surface area contributed by atoms with E-state index in [1.54, 1.807) is 19.1 Å². The number of ether oxygens (including phenoxy) is 1. The van der Waals surface area contributed by atoms with Gasteiger partial charge in [0.1, 0.15) is 0 Å². The number of hydrogen-bond donors (Lipinski definition) is 0. The van der Waals surface area contributed by atoms with Gasteiger partial charge < -0.3 is 4.74 Å². The monoisotopic (exact) mass is 440 g/mol. The molecule has 1 unspecified atom stereocenters. The molecule has 0 saturated heterocycles. The molecule has 3 aliphatic rings. The molecule has 32 heavy (non-hydrogen) atoms. The van der Waals surface area contributed by atoms with Crippen molar-refractivity contribution in [1.82, 2.24) is 0 Å². The van der Waals surface area contributed by atoms with E-state index in [-0.39, 0.29) is 5.75 Å². The third kappa shape index (κ3) is 5.18. The fourth-order valence-electron chi connectivity index (χ4n) is 6.48. The van der Waals surface area contributed by atoms with Gasteiger partial charge in [0.2, 0.25) is 5.82 Å². The van der Waals surface area contributed by atoms with E-state index in [9.17, 15) is 8.78 Å². The van der Waals surface area contributed by atoms with Gasteiger partial charge in [0.25, 0.3) is 0 Å². The Kier molecular flexibility index (Phi) is 7.86. The van der Waals surface area contributed by atoms with Gasteiger partial charge >= 0.3 is 0 Å². The summed E-state index contributed by atoms with van der Waals surface area (Å²) in [6, 6.07) is 3.19. The molecule has 1 nitrogen and oxygen atoms in total. The molecule has 0 radical (unpaired) electrons. The first kappa shape index (κ1) is 23.3. The summed E-state index contributed by atoms with van der Waals surface area (Å²) in [5, 5.41) is 0. The molecule has 2 fully saturated rings. The minimum Gasteiger partial charge on any atom is -0.462 e. The van der Waals surface area contributed by atoms with Crippen molar-refractivity contribution in [3.63, 3.8) is 0 Å². The Hall–Kier alpha value is -1.90. The van der Waals surface area contributed by atoms with Crippen molar-refractivity contribution in [2.45, 2.75) is 77.6 Å². The fourth-order valence-corrected chi connectivity index (χ4v) is 6.48. The Morgan fingerprint density at radius 2 is 1.47 bits per heavy atom. The van der Waals surface area contributed by atoms with Crippen molar-refractivity contribution in [2.24, 2.45) is 29.6 Å². The number of benzene rings is 1. The average molecular weight is 441 g/mol. The molecule has 3 aliphatic carbocycles. The second-order valence-corrected chi connectivity index (χ2v) is 10.2. The quantitative estimate of drug-likeness (QED) is 0.317. The Labute approximate surface area is 192 Å². The molecular weight excluding hydrogens is 402 g/mol. The third-order valence-corrected chi connectivity index (χ3v) is 8.48. The van der Waals surface area contributed by atoms with Gasteiger partial charge in [0, 0.05) is 5.56 Å². The molecule has 1 aromatic rings. The Balaban J connectivity index is 1.31. The van der Waals surface area contributed by atoms with Gasteiger partial charge in [0.15, 0.2) is 11.6 Å². The molecule has 0 aromatic heterocycles. The molecule has 0 heterocycles. The van der Waals surface area contributed by atoms with Crippen LogP contribution in [0, 0.1) is 41.2 Å². The summed E-state index contributed by atoms with van der Waals surface area (Å²) in [4.78, 5) is 0. The maximum atomic E-state index is 14.7. The zero-order valence-electron chi connectivity index (χ0n) is 19.5. The smallest absolute Gasteiger partial charge is 0.201 e. The van der Waals surface area contributed by atoms with E-state index in [4.69, 9.17) is 4.74 Å². The van der Waals surface area contributed by atoms with Crippen LogP contribution in [0.25, 0.3) is 5.57 Å². The van der Waals surface area contributed by atoms with Gasteiger partial charge in [-0.3, -0.25) is 0 Å². The lowest BCUT2D eigenvalue weighted by molar-refractivity contribution is 0.128. The van der Waals surface area contributed by atoms with Gasteiger partial charge in [0.05, 0.1) is 6.26 Å². The van der Waals surface area contributed by atoms with Crippen LogP contribution in [0.3, 0.4) is 0 Å². The highest BCUT2D eigenvalue weighted by Crippen LogP contribution is 2.46. The van der Waals surface area contributed by atoms with Crippen LogP contribution in [0.4, 0.5) is 8.78 Å². The number of hydrogen-bond acceptors (Lipinski definition) is 1. The zero-order valence-corrected chi connectivity index (χ0v) is 19.5. The largest absolute Gasteiger partial charge is 0.462 e. The minimum absolute atomic E-state index is 0.0617. The highest BCUT2D eigenvalue weighted by atomic mass is 19.2. The van der Waals surface area contributed by atoms with E-state index < -0.39 is 11.6 Å². The SMILES string of the molecule is C=CC1CCC(C2CCC(C3CC=C(c4ccc(O/C=C/C)c(F)c4F)CC3)CC2)CC1. The van der Waals surface area contributed by atoms with E-state index in [1.807, 2.05) is 0 Å². The molecule has 2 saturated carbocycles. The number of rotatable bonds is 6. The Morgan fingerprint density at radius 3 is 2.03 bits per heavy atom. The molecule has 0 N–H and O–H groups in total. The third-order valence-electron chi connectivity index (χ3n) is 8.48. The van der Waals surface area contributed by atoms with E-state index in [1.165, 1.54) is 63.7 Å². The normalized spacial score (nSPS) is 31.3. The van der Waals surface area contributed by atoms with Gasteiger partial charge in [-0.25, -0.2) is 4.39 Å². The molecule has 1 atom stereocenters. The summed E-state index contributed by atoms with van der Waals surface area (Å²) in [5.41, 5.74) is 1.34. The lowest BCUT2D eigenvalue weighted by Gasteiger charge is -2.40. The van der Waals surface area contributed by atoms with Crippen LogP contribution in [0.1, 0.15) is 83.1 Å². The van der Waals surface area contributed by atoms with E-state index in [0.717, 1.165) is 48.5 Å². The van der Waals surface area contributed by atoms with Crippen LogP contribution in [0.5, 0.6) is 5.75 Å². The maximum absolute atomic E-state index is 14.7. The zero-order chi connectivity index (χ0) is 22.5. The van der Waals surface area contributed by atoms with Gasteiger partial charge in [-0.1, -0.05) is 18.2 Å². The Bertz CT molecular complexity index is 839. The summed E-state index contributed by atoms with van der Waals surface area (Å²) in [5.74, 6) is 2.35. The molecule has 0 bridgehead atoms. The van der Waals surface area contributed by atoms with Gasteiger partial charge in [-0.15, -0.1) is 6.58 Å². The second kappa shape index (κ2) is 10.8. The summed E-state index contributed by atoms with van der Waals surface area (Å²) < 4.78 is 34.2. The predicted octanol–water partition coefficient (Wildman–Crippen LogP) is 8.86. The first-order valence-corrected chi connectivity index (χ1v) is 12.7. The number of allylic oxidation sites excluding steroid dienone is 4. The van der Waals surface area contributed by atoms with Crippen molar-refractivity contribution in [1.29, 1.82) is 0 Å². The van der Waals surface area contributed by atoms with Crippen LogP contribution >= 0.6 is 0 Å². The van der Waals surface area contributed by atoms with Crippen molar-refractivity contribution in [2.75, 3.05) is 0 Å². The highest BCUT2D eigenvalue weighted by molar-refractivity contribution is 5.67. The average Bonchev–Trinajstić information content (AvgIpc) is 2.85. The van der Waals surface area contributed by atoms with E-state index in [0.29, 0.717) is 11.5 Å². The predicted molar refractivity (Wildman–Crippen MR) is 128 cm³/mol.